The Kier molecular flexibility index (Phi) is 6.33. The predicted molar refractivity (Wildman–Crippen MR) is 112 cm³/mol. The molecule has 0 bridgehead atoms. The second-order valence-corrected chi connectivity index (χ2v) is 9.24. The number of hydrogen-bond acceptors (Lipinski definition) is 2. The van der Waals surface area contributed by atoms with E-state index in [0.717, 1.165) is 24.3 Å². The van der Waals surface area contributed by atoms with Crippen molar-refractivity contribution in [2.24, 2.45) is 0 Å². The van der Waals surface area contributed by atoms with Crippen molar-refractivity contribution >= 4 is 35.0 Å². The zero-order valence-electron chi connectivity index (χ0n) is 15.0. The van der Waals surface area contributed by atoms with E-state index in [9.17, 15) is 0 Å². The molecule has 26 heavy (non-hydrogen) atoms. The topological polar surface area (TPSA) is 17.8 Å². The van der Waals surface area contributed by atoms with Gasteiger partial charge in [-0.1, -0.05) is 59.1 Å². The van der Waals surface area contributed by atoms with Gasteiger partial charge in [-0.25, -0.2) is 4.98 Å². The van der Waals surface area contributed by atoms with Crippen LogP contribution in [0.4, 0.5) is 0 Å². The summed E-state index contributed by atoms with van der Waals surface area (Å²) in [7, 11) is 0. The van der Waals surface area contributed by atoms with Crippen molar-refractivity contribution in [2.75, 3.05) is 0 Å². The third kappa shape index (κ3) is 5.06. The molecule has 136 valence electrons. The standard InChI is InChI=1S/C21H22Cl2N2S/c1-16-6-8-17(9-7-16)10-11-21(2,14-25-13-12-24-15-25)26-20-18(22)4-3-5-19(20)23/h3-9,12-13,15H,10-11,14H2,1-2H3. The predicted octanol–water partition coefficient (Wildman–Crippen LogP) is 6.68. The molecule has 0 radical (unpaired) electrons. The van der Waals surface area contributed by atoms with Crippen LogP contribution in [0.5, 0.6) is 0 Å². The highest BCUT2D eigenvalue weighted by atomic mass is 35.5. The first-order chi connectivity index (χ1) is 12.5. The van der Waals surface area contributed by atoms with E-state index in [4.69, 9.17) is 23.2 Å². The number of hydrogen-bond donors (Lipinski definition) is 0. The van der Waals surface area contributed by atoms with Crippen molar-refractivity contribution in [3.63, 3.8) is 0 Å². The normalized spacial score (nSPS) is 13.5. The van der Waals surface area contributed by atoms with Crippen LogP contribution in [-0.4, -0.2) is 14.3 Å². The molecule has 0 amide bonds. The highest BCUT2D eigenvalue weighted by molar-refractivity contribution is 8.00. The minimum absolute atomic E-state index is 0.0692. The summed E-state index contributed by atoms with van der Waals surface area (Å²) in [6.07, 6.45) is 7.67. The SMILES string of the molecule is Cc1ccc(CCC(C)(Cn2ccnc2)Sc2c(Cl)cccc2Cl)cc1. The average Bonchev–Trinajstić information content (AvgIpc) is 3.11. The summed E-state index contributed by atoms with van der Waals surface area (Å²) >= 11 is 14.6. The molecule has 0 aliphatic heterocycles. The molecule has 0 spiro atoms. The highest BCUT2D eigenvalue weighted by Gasteiger charge is 2.28. The van der Waals surface area contributed by atoms with E-state index in [1.807, 2.05) is 36.9 Å². The van der Waals surface area contributed by atoms with Crippen LogP contribution in [-0.2, 0) is 13.0 Å². The molecule has 3 aromatic rings. The summed E-state index contributed by atoms with van der Waals surface area (Å²) < 4.78 is 2.05. The Labute approximate surface area is 169 Å². The van der Waals surface area contributed by atoms with E-state index in [0.29, 0.717) is 10.0 Å². The van der Waals surface area contributed by atoms with Gasteiger partial charge in [0.2, 0.25) is 0 Å². The number of imidazole rings is 1. The van der Waals surface area contributed by atoms with Crippen molar-refractivity contribution in [3.05, 3.63) is 82.4 Å². The zero-order chi connectivity index (χ0) is 18.6. The first kappa shape index (κ1) is 19.3. The molecule has 2 aromatic carbocycles. The molecular formula is C21H22Cl2N2S. The third-order valence-corrected chi connectivity index (χ3v) is 6.73. The van der Waals surface area contributed by atoms with Gasteiger partial charge in [0.05, 0.1) is 16.4 Å². The number of rotatable bonds is 7. The molecule has 0 N–H and O–H groups in total. The van der Waals surface area contributed by atoms with Gasteiger partial charge in [-0.05, 0) is 44.4 Å². The highest BCUT2D eigenvalue weighted by Crippen LogP contribution is 2.44. The van der Waals surface area contributed by atoms with Gasteiger partial charge >= 0.3 is 0 Å². The number of aromatic nitrogens is 2. The summed E-state index contributed by atoms with van der Waals surface area (Å²) in [6, 6.07) is 14.4. The van der Waals surface area contributed by atoms with Gasteiger partial charge in [0.25, 0.3) is 0 Å². The molecule has 0 saturated carbocycles. The third-order valence-electron chi connectivity index (χ3n) is 4.41. The lowest BCUT2D eigenvalue weighted by Crippen LogP contribution is -2.27. The van der Waals surface area contributed by atoms with Crippen molar-refractivity contribution in [1.82, 2.24) is 9.55 Å². The summed E-state index contributed by atoms with van der Waals surface area (Å²) in [6.45, 7) is 5.22. The Hall–Kier alpha value is -1.42. The van der Waals surface area contributed by atoms with Gasteiger partial charge in [0.15, 0.2) is 0 Å². The van der Waals surface area contributed by atoms with Crippen LogP contribution >= 0.6 is 35.0 Å². The first-order valence-electron chi connectivity index (χ1n) is 8.59. The second kappa shape index (κ2) is 8.51. The molecule has 1 unspecified atom stereocenters. The Morgan fingerprint density at radius 1 is 1.08 bits per heavy atom. The smallest absolute Gasteiger partial charge is 0.0946 e. The monoisotopic (exact) mass is 404 g/mol. The van der Waals surface area contributed by atoms with Crippen LogP contribution in [0.25, 0.3) is 0 Å². The van der Waals surface area contributed by atoms with Gasteiger partial charge < -0.3 is 4.57 Å². The maximum absolute atomic E-state index is 6.43. The molecule has 0 fully saturated rings. The van der Waals surface area contributed by atoms with Gasteiger partial charge in [-0.15, -0.1) is 11.8 Å². The zero-order valence-corrected chi connectivity index (χ0v) is 17.3. The molecular weight excluding hydrogens is 383 g/mol. The van der Waals surface area contributed by atoms with Gasteiger partial charge in [0.1, 0.15) is 0 Å². The maximum atomic E-state index is 6.43. The lowest BCUT2D eigenvalue weighted by Gasteiger charge is -2.30. The lowest BCUT2D eigenvalue weighted by molar-refractivity contribution is 0.495. The lowest BCUT2D eigenvalue weighted by atomic mass is 9.99. The molecule has 1 atom stereocenters. The summed E-state index contributed by atoms with van der Waals surface area (Å²) in [5, 5.41) is 1.41. The Morgan fingerprint density at radius 3 is 2.38 bits per heavy atom. The molecule has 3 rings (SSSR count). The minimum atomic E-state index is -0.0692. The molecule has 2 nitrogen and oxygen atoms in total. The Morgan fingerprint density at radius 2 is 1.77 bits per heavy atom. The van der Waals surface area contributed by atoms with E-state index >= 15 is 0 Å². The van der Waals surface area contributed by atoms with Crippen LogP contribution < -0.4 is 0 Å². The maximum Gasteiger partial charge on any atom is 0.0946 e. The number of halogens is 2. The van der Waals surface area contributed by atoms with Crippen molar-refractivity contribution in [2.45, 2.75) is 42.9 Å². The van der Waals surface area contributed by atoms with Gasteiger partial charge in [-0.2, -0.15) is 0 Å². The summed E-state index contributed by atoms with van der Waals surface area (Å²) in [5.41, 5.74) is 2.63. The van der Waals surface area contributed by atoms with Crippen molar-refractivity contribution in [1.29, 1.82) is 0 Å². The van der Waals surface area contributed by atoms with Crippen LogP contribution in [0, 0.1) is 6.92 Å². The van der Waals surface area contributed by atoms with Crippen LogP contribution in [0.3, 0.4) is 0 Å². The molecule has 0 aliphatic carbocycles. The number of benzene rings is 2. The molecule has 1 heterocycles. The number of thioether (sulfide) groups is 1. The largest absolute Gasteiger partial charge is 0.336 e. The summed E-state index contributed by atoms with van der Waals surface area (Å²) in [5.74, 6) is 0. The number of nitrogens with zero attached hydrogens (tertiary/aromatic N) is 2. The van der Waals surface area contributed by atoms with Crippen LogP contribution in [0.15, 0.2) is 66.1 Å². The van der Waals surface area contributed by atoms with E-state index in [1.54, 1.807) is 11.8 Å². The quantitative estimate of drug-likeness (QED) is 0.408. The fourth-order valence-electron chi connectivity index (χ4n) is 2.92. The Balaban J connectivity index is 1.82. The van der Waals surface area contributed by atoms with E-state index < -0.39 is 0 Å². The van der Waals surface area contributed by atoms with Crippen molar-refractivity contribution < 1.29 is 0 Å². The summed E-state index contributed by atoms with van der Waals surface area (Å²) in [4.78, 5) is 5.12. The fourth-order valence-corrected chi connectivity index (χ4v) is 4.79. The molecule has 0 aliphatic rings. The molecule has 5 heteroatoms. The number of aryl methyl sites for hydroxylation is 2. The van der Waals surface area contributed by atoms with Crippen LogP contribution in [0.2, 0.25) is 10.0 Å². The first-order valence-corrected chi connectivity index (χ1v) is 10.2. The Bertz CT molecular complexity index is 827. The van der Waals surface area contributed by atoms with Crippen LogP contribution in [0.1, 0.15) is 24.5 Å². The molecule has 0 saturated heterocycles. The minimum Gasteiger partial charge on any atom is -0.336 e. The van der Waals surface area contributed by atoms with E-state index in [-0.39, 0.29) is 4.75 Å². The average molecular weight is 405 g/mol. The van der Waals surface area contributed by atoms with E-state index in [2.05, 4.69) is 47.7 Å². The van der Waals surface area contributed by atoms with E-state index in [1.165, 1.54) is 11.1 Å². The fraction of sp³-hybridized carbons (Fsp3) is 0.286. The van der Waals surface area contributed by atoms with Gasteiger partial charge in [-0.3, -0.25) is 0 Å². The van der Waals surface area contributed by atoms with Gasteiger partial charge in [0, 0.05) is 28.6 Å². The second-order valence-electron chi connectivity index (χ2n) is 6.82. The van der Waals surface area contributed by atoms with Crippen molar-refractivity contribution in [3.8, 4) is 0 Å². The molecule has 1 aromatic heterocycles.